The van der Waals surface area contributed by atoms with E-state index in [1.54, 1.807) is 0 Å². The highest BCUT2D eigenvalue weighted by atomic mass is 13.9. The molecular weight excluding hydrogens is 144 g/mol. The van der Waals surface area contributed by atoms with Crippen molar-refractivity contribution in [2.75, 3.05) is 0 Å². The Morgan fingerprint density at radius 2 is 1.75 bits per heavy atom. The SMILES string of the molecule is C=CCC=CCC=CC(C)C=C. The van der Waals surface area contributed by atoms with Crippen LogP contribution in [0.2, 0.25) is 0 Å². The van der Waals surface area contributed by atoms with Gasteiger partial charge in [-0.1, -0.05) is 43.4 Å². The molecule has 0 saturated heterocycles. The van der Waals surface area contributed by atoms with E-state index in [1.165, 1.54) is 0 Å². The van der Waals surface area contributed by atoms with Crippen molar-refractivity contribution in [2.24, 2.45) is 5.92 Å². The summed E-state index contributed by atoms with van der Waals surface area (Å²) in [5.74, 6) is 0.484. The second-order valence-electron chi connectivity index (χ2n) is 2.75. The molecule has 0 heteroatoms. The van der Waals surface area contributed by atoms with Crippen LogP contribution >= 0.6 is 0 Å². The van der Waals surface area contributed by atoms with Crippen molar-refractivity contribution in [3.63, 3.8) is 0 Å². The molecule has 66 valence electrons. The first-order valence-electron chi connectivity index (χ1n) is 4.36. The quantitative estimate of drug-likeness (QED) is 0.520. The molecule has 0 aliphatic rings. The third-order valence-corrected chi connectivity index (χ3v) is 1.55. The third kappa shape index (κ3) is 7.07. The third-order valence-electron chi connectivity index (χ3n) is 1.55. The largest absolute Gasteiger partial charge is 0.103 e. The molecular formula is C12H18. The first kappa shape index (κ1) is 11.0. The van der Waals surface area contributed by atoms with E-state index in [0.717, 1.165) is 12.8 Å². The van der Waals surface area contributed by atoms with Crippen LogP contribution in [0.15, 0.2) is 49.6 Å². The van der Waals surface area contributed by atoms with Gasteiger partial charge in [-0.25, -0.2) is 0 Å². The first-order chi connectivity index (χ1) is 5.81. The van der Waals surface area contributed by atoms with Crippen LogP contribution in [-0.4, -0.2) is 0 Å². The fraction of sp³-hybridized carbons (Fsp3) is 0.333. The molecule has 0 spiro atoms. The van der Waals surface area contributed by atoms with Gasteiger partial charge in [0.1, 0.15) is 0 Å². The molecule has 1 atom stereocenters. The zero-order valence-electron chi connectivity index (χ0n) is 7.87. The van der Waals surface area contributed by atoms with Gasteiger partial charge in [-0.2, -0.15) is 0 Å². The van der Waals surface area contributed by atoms with Gasteiger partial charge < -0.3 is 0 Å². The van der Waals surface area contributed by atoms with Crippen molar-refractivity contribution in [3.8, 4) is 0 Å². The van der Waals surface area contributed by atoms with Crippen LogP contribution in [0.1, 0.15) is 19.8 Å². The summed E-state index contributed by atoms with van der Waals surface area (Å²) in [5, 5.41) is 0. The van der Waals surface area contributed by atoms with Crippen molar-refractivity contribution >= 4 is 0 Å². The van der Waals surface area contributed by atoms with Gasteiger partial charge in [0, 0.05) is 0 Å². The zero-order valence-corrected chi connectivity index (χ0v) is 7.87. The monoisotopic (exact) mass is 162 g/mol. The summed E-state index contributed by atoms with van der Waals surface area (Å²) in [6.07, 6.45) is 14.4. The summed E-state index contributed by atoms with van der Waals surface area (Å²) in [4.78, 5) is 0. The summed E-state index contributed by atoms with van der Waals surface area (Å²) in [5.41, 5.74) is 0. The van der Waals surface area contributed by atoms with Gasteiger partial charge in [-0.05, 0) is 18.8 Å². The second-order valence-corrected chi connectivity index (χ2v) is 2.75. The van der Waals surface area contributed by atoms with Crippen molar-refractivity contribution in [1.82, 2.24) is 0 Å². The van der Waals surface area contributed by atoms with Crippen molar-refractivity contribution in [1.29, 1.82) is 0 Å². The Balaban J connectivity index is 3.47. The van der Waals surface area contributed by atoms with Gasteiger partial charge in [0.05, 0.1) is 0 Å². The number of hydrogen-bond donors (Lipinski definition) is 0. The van der Waals surface area contributed by atoms with E-state index in [4.69, 9.17) is 0 Å². The molecule has 0 heterocycles. The molecule has 0 aromatic carbocycles. The normalized spacial score (nSPS) is 13.8. The Hall–Kier alpha value is -1.04. The minimum Gasteiger partial charge on any atom is -0.103 e. The smallest absolute Gasteiger partial charge is 0.00845 e. The highest BCUT2D eigenvalue weighted by Crippen LogP contribution is 1.99. The van der Waals surface area contributed by atoms with Crippen LogP contribution in [0.3, 0.4) is 0 Å². The van der Waals surface area contributed by atoms with E-state index in [0.29, 0.717) is 5.92 Å². The maximum atomic E-state index is 3.71. The van der Waals surface area contributed by atoms with Crippen LogP contribution < -0.4 is 0 Å². The predicted molar refractivity (Wildman–Crippen MR) is 57.1 cm³/mol. The molecule has 0 nitrogen and oxygen atoms in total. The lowest BCUT2D eigenvalue weighted by molar-refractivity contribution is 0.937. The van der Waals surface area contributed by atoms with E-state index in [1.807, 2.05) is 12.2 Å². The molecule has 12 heavy (non-hydrogen) atoms. The highest BCUT2D eigenvalue weighted by molar-refractivity contribution is 4.99. The van der Waals surface area contributed by atoms with Crippen molar-refractivity contribution in [2.45, 2.75) is 19.8 Å². The summed E-state index contributed by atoms with van der Waals surface area (Å²) in [6.45, 7) is 9.47. The van der Waals surface area contributed by atoms with E-state index in [9.17, 15) is 0 Å². The van der Waals surface area contributed by atoms with E-state index in [-0.39, 0.29) is 0 Å². The van der Waals surface area contributed by atoms with Gasteiger partial charge >= 0.3 is 0 Å². The second kappa shape index (κ2) is 8.06. The van der Waals surface area contributed by atoms with E-state index >= 15 is 0 Å². The van der Waals surface area contributed by atoms with E-state index in [2.05, 4.69) is 44.4 Å². The first-order valence-corrected chi connectivity index (χ1v) is 4.36. The molecule has 0 amide bonds. The molecule has 1 unspecified atom stereocenters. The van der Waals surface area contributed by atoms with Crippen molar-refractivity contribution in [3.05, 3.63) is 49.6 Å². The lowest BCUT2D eigenvalue weighted by atomic mass is 10.1. The lowest BCUT2D eigenvalue weighted by Gasteiger charge is -1.93. The summed E-state index contributed by atoms with van der Waals surface area (Å²) in [7, 11) is 0. The van der Waals surface area contributed by atoms with Crippen LogP contribution in [0, 0.1) is 5.92 Å². The molecule has 0 rings (SSSR count). The fourth-order valence-electron chi connectivity index (χ4n) is 0.739. The average molecular weight is 162 g/mol. The fourth-order valence-corrected chi connectivity index (χ4v) is 0.739. The Morgan fingerprint density at radius 1 is 1.08 bits per heavy atom. The van der Waals surface area contributed by atoms with Crippen molar-refractivity contribution < 1.29 is 0 Å². The lowest BCUT2D eigenvalue weighted by Crippen LogP contribution is -1.78. The standard InChI is InChI=1S/C12H18/c1-4-6-7-8-9-10-11-12(3)5-2/h4-5,7-8,10-12H,1-2,6,9H2,3H3. The molecule has 0 saturated carbocycles. The summed E-state index contributed by atoms with van der Waals surface area (Å²) < 4.78 is 0. The Morgan fingerprint density at radius 3 is 2.33 bits per heavy atom. The van der Waals surface area contributed by atoms with Crippen LogP contribution in [0.25, 0.3) is 0 Å². The molecule has 0 N–H and O–H groups in total. The molecule has 0 aromatic heterocycles. The molecule has 0 aromatic rings. The van der Waals surface area contributed by atoms with Crippen LogP contribution in [0.4, 0.5) is 0 Å². The van der Waals surface area contributed by atoms with Crippen LogP contribution in [0.5, 0.6) is 0 Å². The minimum atomic E-state index is 0.484. The Labute approximate surface area is 76.0 Å². The maximum absolute atomic E-state index is 3.71. The molecule has 0 aliphatic carbocycles. The van der Waals surface area contributed by atoms with Gasteiger partial charge in [0.15, 0.2) is 0 Å². The number of hydrogen-bond acceptors (Lipinski definition) is 0. The predicted octanol–water partition coefficient (Wildman–Crippen LogP) is 3.89. The Bertz CT molecular complexity index is 172. The van der Waals surface area contributed by atoms with E-state index < -0.39 is 0 Å². The molecule has 0 aliphatic heterocycles. The highest BCUT2D eigenvalue weighted by Gasteiger charge is 1.83. The molecule has 0 fully saturated rings. The van der Waals surface area contributed by atoms with Crippen LogP contribution in [-0.2, 0) is 0 Å². The molecule has 0 bridgehead atoms. The summed E-state index contributed by atoms with van der Waals surface area (Å²) in [6, 6.07) is 0. The van der Waals surface area contributed by atoms with Gasteiger partial charge in [-0.15, -0.1) is 13.2 Å². The minimum absolute atomic E-state index is 0.484. The Kier molecular flexibility index (Phi) is 7.36. The topological polar surface area (TPSA) is 0 Å². The number of rotatable bonds is 6. The average Bonchev–Trinajstić information content (AvgIpc) is 2.10. The number of allylic oxidation sites excluding steroid dienone is 6. The van der Waals surface area contributed by atoms with Gasteiger partial charge in [0.2, 0.25) is 0 Å². The molecule has 0 radical (unpaired) electrons. The maximum Gasteiger partial charge on any atom is -0.00845 e. The van der Waals surface area contributed by atoms with Gasteiger partial charge in [0.25, 0.3) is 0 Å². The summed E-state index contributed by atoms with van der Waals surface area (Å²) >= 11 is 0. The van der Waals surface area contributed by atoms with Gasteiger partial charge in [-0.3, -0.25) is 0 Å². The zero-order chi connectivity index (χ0) is 9.23.